The average Bonchev–Trinajstić information content (AvgIpc) is 2.61. The number of aromatic hydroxyl groups is 4. The Labute approximate surface area is 151 Å². The normalized spacial score (nSPS) is 20.8. The quantitative estimate of drug-likeness (QED) is 0.632. The first-order chi connectivity index (χ1) is 12.5. The van der Waals surface area contributed by atoms with Crippen molar-refractivity contribution in [2.45, 2.75) is 37.8 Å². The minimum atomic E-state index is -0.0152. The molecule has 0 bridgehead atoms. The summed E-state index contributed by atoms with van der Waals surface area (Å²) in [6.45, 7) is 0. The van der Waals surface area contributed by atoms with Crippen LogP contribution in [-0.4, -0.2) is 44.9 Å². The Morgan fingerprint density at radius 3 is 1.50 bits per heavy atom. The zero-order valence-electron chi connectivity index (χ0n) is 14.3. The summed E-state index contributed by atoms with van der Waals surface area (Å²) in [5.41, 5.74) is 1.10. The van der Waals surface area contributed by atoms with Crippen molar-refractivity contribution in [2.75, 3.05) is 0 Å². The maximum atomic E-state index is 9.86. The molecule has 3 rings (SSSR count). The number of hydrogen-bond donors (Lipinski definition) is 4. The Hall–Kier alpha value is -3.02. The number of rotatable bonds is 4. The van der Waals surface area contributed by atoms with Gasteiger partial charge in [-0.25, -0.2) is 0 Å². The van der Waals surface area contributed by atoms with Gasteiger partial charge >= 0.3 is 0 Å². The van der Waals surface area contributed by atoms with Crippen LogP contribution < -0.4 is 0 Å². The van der Waals surface area contributed by atoms with Crippen LogP contribution in [0.4, 0.5) is 0 Å². The van der Waals surface area contributed by atoms with Gasteiger partial charge < -0.3 is 20.4 Å². The summed E-state index contributed by atoms with van der Waals surface area (Å²) in [5, 5.41) is 38.4. The van der Waals surface area contributed by atoms with Crippen LogP contribution in [0.2, 0.25) is 0 Å². The van der Waals surface area contributed by atoms with E-state index >= 15 is 0 Å². The van der Waals surface area contributed by atoms with Crippen molar-refractivity contribution in [3.63, 3.8) is 0 Å². The number of phenolic OH excluding ortho intramolecular Hbond substituents is 4. The highest BCUT2D eigenvalue weighted by atomic mass is 16.3. The topological polar surface area (TPSA) is 106 Å². The maximum Gasteiger partial charge on any atom is 0.128 e. The van der Waals surface area contributed by atoms with Gasteiger partial charge in [-0.3, -0.25) is 9.98 Å². The molecule has 1 fully saturated rings. The lowest BCUT2D eigenvalue weighted by Gasteiger charge is -2.25. The molecule has 0 spiro atoms. The number of benzene rings is 2. The largest absolute Gasteiger partial charge is 0.508 e. The van der Waals surface area contributed by atoms with E-state index in [0.717, 1.165) is 25.7 Å². The lowest BCUT2D eigenvalue weighted by Crippen LogP contribution is -2.27. The highest BCUT2D eigenvalue weighted by molar-refractivity contribution is 5.84. The van der Waals surface area contributed by atoms with E-state index in [0.29, 0.717) is 11.1 Å². The third-order valence-electron chi connectivity index (χ3n) is 4.53. The van der Waals surface area contributed by atoms with Gasteiger partial charge in [-0.05, 0) is 37.1 Å². The highest BCUT2D eigenvalue weighted by Crippen LogP contribution is 2.26. The summed E-state index contributed by atoms with van der Waals surface area (Å²) in [4.78, 5) is 9.18. The molecule has 1 saturated carbocycles. The lowest BCUT2D eigenvalue weighted by atomic mass is 9.91. The second-order valence-corrected chi connectivity index (χ2v) is 6.46. The average molecular weight is 354 g/mol. The van der Waals surface area contributed by atoms with Crippen molar-refractivity contribution < 1.29 is 20.4 Å². The van der Waals surface area contributed by atoms with Crippen LogP contribution >= 0.6 is 0 Å². The molecular weight excluding hydrogens is 332 g/mol. The minimum Gasteiger partial charge on any atom is -0.508 e. The molecule has 1 aliphatic carbocycles. The van der Waals surface area contributed by atoms with Crippen LogP contribution in [0.5, 0.6) is 23.0 Å². The van der Waals surface area contributed by atoms with E-state index in [-0.39, 0.29) is 35.1 Å². The molecule has 4 N–H and O–H groups in total. The first kappa shape index (κ1) is 17.8. The number of aliphatic imine (C=N–C) groups is 2. The van der Waals surface area contributed by atoms with Crippen molar-refractivity contribution >= 4 is 12.4 Å². The molecular formula is C20H22N2O4. The van der Waals surface area contributed by atoms with Gasteiger partial charge in [-0.1, -0.05) is 12.8 Å². The van der Waals surface area contributed by atoms with Crippen molar-refractivity contribution in [1.82, 2.24) is 0 Å². The molecule has 26 heavy (non-hydrogen) atoms. The van der Waals surface area contributed by atoms with E-state index in [1.165, 1.54) is 24.3 Å². The fraction of sp³-hybridized carbons (Fsp3) is 0.300. The molecule has 6 heteroatoms. The van der Waals surface area contributed by atoms with Gasteiger partial charge in [0.05, 0.1) is 12.1 Å². The van der Waals surface area contributed by atoms with Crippen LogP contribution in [-0.2, 0) is 0 Å². The SMILES string of the molecule is Oc1ccc(C=N[C@H]2CCCC[C@@H]2N=Cc2ccc(O)cc2O)c(O)c1. The second kappa shape index (κ2) is 7.91. The van der Waals surface area contributed by atoms with Crippen LogP contribution in [0, 0.1) is 0 Å². The number of phenols is 4. The zero-order valence-corrected chi connectivity index (χ0v) is 14.3. The van der Waals surface area contributed by atoms with Gasteiger partial charge in [0, 0.05) is 35.7 Å². The molecule has 0 radical (unpaired) electrons. The van der Waals surface area contributed by atoms with Crippen LogP contribution in [0.15, 0.2) is 46.4 Å². The maximum absolute atomic E-state index is 9.86. The molecule has 0 aromatic heterocycles. The van der Waals surface area contributed by atoms with Crippen LogP contribution in [0.3, 0.4) is 0 Å². The summed E-state index contributed by atoms with van der Waals surface area (Å²) in [6.07, 6.45) is 7.18. The predicted molar refractivity (Wildman–Crippen MR) is 101 cm³/mol. The molecule has 2 aromatic carbocycles. The molecule has 0 heterocycles. The van der Waals surface area contributed by atoms with Crippen LogP contribution in [0.1, 0.15) is 36.8 Å². The molecule has 6 nitrogen and oxygen atoms in total. The molecule has 2 aromatic rings. The molecule has 136 valence electrons. The summed E-state index contributed by atoms with van der Waals surface area (Å²) in [5.74, 6) is -0.0146. The third kappa shape index (κ3) is 4.33. The molecule has 0 unspecified atom stereocenters. The van der Waals surface area contributed by atoms with Gasteiger partial charge in [-0.2, -0.15) is 0 Å². The Balaban J connectivity index is 1.75. The first-order valence-corrected chi connectivity index (χ1v) is 8.63. The fourth-order valence-electron chi connectivity index (χ4n) is 3.07. The van der Waals surface area contributed by atoms with Gasteiger partial charge in [0.25, 0.3) is 0 Å². The van der Waals surface area contributed by atoms with Gasteiger partial charge in [0.15, 0.2) is 0 Å². The Bertz CT molecular complexity index is 763. The van der Waals surface area contributed by atoms with E-state index in [4.69, 9.17) is 0 Å². The molecule has 0 amide bonds. The van der Waals surface area contributed by atoms with E-state index in [1.54, 1.807) is 24.6 Å². The standard InChI is InChI=1S/C20H22N2O4/c23-15-7-5-13(19(25)9-15)11-21-17-3-1-2-4-18(17)22-12-14-6-8-16(24)10-20(14)26/h5-12,17-18,23-26H,1-4H2/t17-,18-/m0/s1. The summed E-state index contributed by atoms with van der Waals surface area (Å²) >= 11 is 0. The van der Waals surface area contributed by atoms with Gasteiger partial charge in [0.2, 0.25) is 0 Å². The Morgan fingerprint density at radius 2 is 1.12 bits per heavy atom. The highest BCUT2D eigenvalue weighted by Gasteiger charge is 2.23. The van der Waals surface area contributed by atoms with Gasteiger partial charge in [-0.15, -0.1) is 0 Å². The van der Waals surface area contributed by atoms with Gasteiger partial charge in [0.1, 0.15) is 23.0 Å². The first-order valence-electron chi connectivity index (χ1n) is 8.63. The monoisotopic (exact) mass is 354 g/mol. The minimum absolute atomic E-state index is 0.00698. The summed E-state index contributed by atoms with van der Waals surface area (Å²) in [7, 11) is 0. The summed E-state index contributed by atoms with van der Waals surface area (Å²) < 4.78 is 0. The third-order valence-corrected chi connectivity index (χ3v) is 4.53. The van der Waals surface area contributed by atoms with Crippen molar-refractivity contribution in [2.24, 2.45) is 9.98 Å². The van der Waals surface area contributed by atoms with Crippen molar-refractivity contribution in [3.8, 4) is 23.0 Å². The van der Waals surface area contributed by atoms with E-state index in [2.05, 4.69) is 9.98 Å². The van der Waals surface area contributed by atoms with E-state index in [9.17, 15) is 20.4 Å². The zero-order chi connectivity index (χ0) is 18.5. The number of hydrogen-bond acceptors (Lipinski definition) is 6. The fourth-order valence-corrected chi connectivity index (χ4v) is 3.07. The van der Waals surface area contributed by atoms with Crippen molar-refractivity contribution in [1.29, 1.82) is 0 Å². The summed E-state index contributed by atoms with van der Waals surface area (Å²) in [6, 6.07) is 8.79. The molecule has 1 aliphatic rings. The number of nitrogens with zero attached hydrogens (tertiary/aromatic N) is 2. The smallest absolute Gasteiger partial charge is 0.128 e. The molecule has 0 aliphatic heterocycles. The second-order valence-electron chi connectivity index (χ2n) is 6.46. The van der Waals surface area contributed by atoms with E-state index < -0.39 is 0 Å². The van der Waals surface area contributed by atoms with E-state index in [1.807, 2.05) is 0 Å². The molecule has 2 atom stereocenters. The van der Waals surface area contributed by atoms with Crippen LogP contribution in [0.25, 0.3) is 0 Å². The predicted octanol–water partition coefficient (Wildman–Crippen LogP) is 3.36. The Kier molecular flexibility index (Phi) is 5.41. The molecule has 0 saturated heterocycles. The Morgan fingerprint density at radius 1 is 0.692 bits per heavy atom. The lowest BCUT2D eigenvalue weighted by molar-refractivity contribution is 0.390. The van der Waals surface area contributed by atoms with Crippen molar-refractivity contribution in [3.05, 3.63) is 47.5 Å².